The highest BCUT2D eigenvalue weighted by atomic mass is 19.3. The Kier molecular flexibility index (Phi) is 4.76. The van der Waals surface area contributed by atoms with E-state index in [1.807, 2.05) is 11.8 Å². The fourth-order valence-electron chi connectivity index (χ4n) is 4.19. The van der Waals surface area contributed by atoms with Gasteiger partial charge in [-0.1, -0.05) is 0 Å². The molecule has 2 aliphatic heterocycles. The normalized spacial score (nSPS) is 23.7. The number of carbonyl (C=O) groups excluding carboxylic acids is 1. The number of amides is 1. The molecule has 2 aromatic heterocycles. The van der Waals surface area contributed by atoms with Crippen molar-refractivity contribution in [1.82, 2.24) is 20.3 Å². The number of rotatable bonds is 4. The Morgan fingerprint density at radius 1 is 1.26 bits per heavy atom. The third kappa shape index (κ3) is 3.91. The number of fused-ring (bicyclic) bond motifs is 1. The number of anilines is 2. The van der Waals surface area contributed by atoms with Gasteiger partial charge in [0.15, 0.2) is 0 Å². The Hall–Kier alpha value is -2.88. The molecule has 1 amide bonds. The van der Waals surface area contributed by atoms with E-state index in [4.69, 9.17) is 9.72 Å². The van der Waals surface area contributed by atoms with Crippen LogP contribution >= 0.6 is 0 Å². The van der Waals surface area contributed by atoms with Crippen LogP contribution in [-0.4, -0.2) is 46.7 Å². The van der Waals surface area contributed by atoms with E-state index in [2.05, 4.69) is 20.6 Å². The van der Waals surface area contributed by atoms with Crippen LogP contribution in [-0.2, 0) is 10.7 Å². The van der Waals surface area contributed by atoms with Gasteiger partial charge in [-0.05, 0) is 31.9 Å². The van der Waals surface area contributed by atoms with E-state index in [9.17, 15) is 13.6 Å². The lowest BCUT2D eigenvalue weighted by molar-refractivity contribution is 0.0174. The molecule has 3 aliphatic rings. The highest BCUT2D eigenvalue weighted by molar-refractivity contribution is 5.88. The van der Waals surface area contributed by atoms with Crippen molar-refractivity contribution in [2.24, 2.45) is 5.92 Å². The molecule has 1 aliphatic carbocycles. The molecular weight excluding hydrogens is 406 g/mol. The number of carbonyl (C=O) groups is 1. The van der Waals surface area contributed by atoms with E-state index in [0.717, 1.165) is 26.3 Å². The summed E-state index contributed by atoms with van der Waals surface area (Å²) in [6, 6.07) is 3.05. The number of alkyl halides is 2. The molecule has 2 N–H and O–H groups in total. The molecule has 1 saturated carbocycles. The van der Waals surface area contributed by atoms with Gasteiger partial charge in [-0.2, -0.15) is 0 Å². The Labute approximate surface area is 178 Å². The van der Waals surface area contributed by atoms with Crippen LogP contribution in [0.4, 0.5) is 25.2 Å². The van der Waals surface area contributed by atoms with Gasteiger partial charge in [0, 0.05) is 44.1 Å². The van der Waals surface area contributed by atoms with Crippen molar-refractivity contribution < 1.29 is 18.3 Å². The summed E-state index contributed by atoms with van der Waals surface area (Å²) in [4.78, 5) is 27.3. The maximum Gasteiger partial charge on any atom is 0.413 e. The molecule has 164 valence electrons. The summed E-state index contributed by atoms with van der Waals surface area (Å²) in [5.41, 5.74) is 1.21. The number of cyclic esters (lactones) is 1. The first-order valence-corrected chi connectivity index (χ1v) is 10.5. The van der Waals surface area contributed by atoms with Gasteiger partial charge in [0.1, 0.15) is 29.8 Å². The van der Waals surface area contributed by atoms with Gasteiger partial charge >= 0.3 is 6.09 Å². The largest absolute Gasteiger partial charge is 0.441 e. The van der Waals surface area contributed by atoms with E-state index in [1.165, 1.54) is 18.5 Å². The van der Waals surface area contributed by atoms with Crippen LogP contribution in [0.2, 0.25) is 0 Å². The number of nitrogens with one attached hydrogen (secondary N) is 2. The summed E-state index contributed by atoms with van der Waals surface area (Å²) in [6.07, 6.45) is 2.10. The zero-order chi connectivity index (χ0) is 21.8. The van der Waals surface area contributed by atoms with Crippen molar-refractivity contribution in [3.8, 4) is 11.4 Å². The highest BCUT2D eigenvalue weighted by Crippen LogP contribution is 2.49. The smallest absolute Gasteiger partial charge is 0.413 e. The average Bonchev–Trinajstić information content (AvgIpc) is 3.57. The number of ether oxygens (including phenoxy) is 1. The Morgan fingerprint density at radius 3 is 2.77 bits per heavy atom. The van der Waals surface area contributed by atoms with Crippen molar-refractivity contribution in [1.29, 1.82) is 0 Å². The standard InChI is InChI=1S/C21H24F2N6O2/c1-11-9-29(6-5-24-11)15-8-13(21(2,22)23)7-14(27-15)17-16-18(12-3-4-12)31-20(30)28-19(16)26-10-25-17/h7-8,10-12,18,24H,3-6,9H2,1-2H3,(H,25,26,28,30)/t11-,18-/m0/s1. The maximum atomic E-state index is 14.4. The molecule has 0 radical (unpaired) electrons. The molecule has 0 aromatic carbocycles. The minimum absolute atomic E-state index is 0.130. The predicted octanol–water partition coefficient (Wildman–Crippen LogP) is 3.46. The number of nitrogens with zero attached hydrogens (tertiary/aromatic N) is 4. The molecular formula is C21H24F2N6O2. The van der Waals surface area contributed by atoms with Gasteiger partial charge in [0.2, 0.25) is 0 Å². The molecule has 0 spiro atoms. The fraction of sp³-hybridized carbons (Fsp3) is 0.524. The molecule has 4 heterocycles. The second kappa shape index (κ2) is 7.37. The summed E-state index contributed by atoms with van der Waals surface area (Å²) < 4.78 is 34.3. The maximum absolute atomic E-state index is 14.4. The second-order valence-corrected chi connectivity index (χ2v) is 8.56. The van der Waals surface area contributed by atoms with E-state index in [-0.39, 0.29) is 17.5 Å². The van der Waals surface area contributed by atoms with Crippen LogP contribution < -0.4 is 15.5 Å². The highest BCUT2D eigenvalue weighted by Gasteiger charge is 2.42. The van der Waals surface area contributed by atoms with Gasteiger partial charge < -0.3 is 15.0 Å². The van der Waals surface area contributed by atoms with E-state index in [1.54, 1.807) is 0 Å². The van der Waals surface area contributed by atoms with E-state index < -0.39 is 18.1 Å². The minimum Gasteiger partial charge on any atom is -0.441 e. The number of aromatic nitrogens is 3. The van der Waals surface area contributed by atoms with Crippen LogP contribution in [0.15, 0.2) is 18.5 Å². The molecule has 2 atom stereocenters. The molecule has 5 rings (SSSR count). The van der Waals surface area contributed by atoms with Crippen molar-refractivity contribution >= 4 is 17.7 Å². The quantitative estimate of drug-likeness (QED) is 0.767. The molecule has 10 heteroatoms. The zero-order valence-corrected chi connectivity index (χ0v) is 17.4. The van der Waals surface area contributed by atoms with Gasteiger partial charge in [0.05, 0.1) is 11.3 Å². The first kappa shape index (κ1) is 20.0. The topological polar surface area (TPSA) is 92.3 Å². The first-order chi connectivity index (χ1) is 14.8. The van der Waals surface area contributed by atoms with E-state index in [0.29, 0.717) is 41.7 Å². The van der Waals surface area contributed by atoms with Crippen LogP contribution in [0.1, 0.15) is 43.9 Å². The van der Waals surface area contributed by atoms with Crippen molar-refractivity contribution in [2.45, 2.75) is 44.8 Å². The summed E-state index contributed by atoms with van der Waals surface area (Å²) >= 11 is 0. The van der Waals surface area contributed by atoms with E-state index >= 15 is 0 Å². The number of piperazine rings is 1. The number of hydrogen-bond acceptors (Lipinski definition) is 7. The number of hydrogen-bond donors (Lipinski definition) is 2. The number of halogens is 2. The molecule has 0 bridgehead atoms. The molecule has 8 nitrogen and oxygen atoms in total. The summed E-state index contributed by atoms with van der Waals surface area (Å²) in [7, 11) is 0. The summed E-state index contributed by atoms with van der Waals surface area (Å²) in [5.74, 6) is -2.02. The summed E-state index contributed by atoms with van der Waals surface area (Å²) in [5, 5.41) is 5.95. The van der Waals surface area contributed by atoms with Crippen LogP contribution in [0.25, 0.3) is 11.4 Å². The van der Waals surface area contributed by atoms with Crippen molar-refractivity contribution in [3.05, 3.63) is 29.6 Å². The Balaban J connectivity index is 1.64. The molecule has 31 heavy (non-hydrogen) atoms. The first-order valence-electron chi connectivity index (χ1n) is 10.5. The lowest BCUT2D eigenvalue weighted by Gasteiger charge is -2.33. The number of pyridine rings is 1. The lowest BCUT2D eigenvalue weighted by atomic mass is 9.99. The second-order valence-electron chi connectivity index (χ2n) is 8.56. The van der Waals surface area contributed by atoms with Crippen molar-refractivity contribution in [2.75, 3.05) is 29.9 Å². The Bertz CT molecular complexity index is 1020. The van der Waals surface area contributed by atoms with Gasteiger partial charge in [0.25, 0.3) is 5.92 Å². The van der Waals surface area contributed by atoms with Gasteiger partial charge in [-0.3, -0.25) is 5.32 Å². The molecule has 0 unspecified atom stereocenters. The van der Waals surface area contributed by atoms with Crippen LogP contribution in [0, 0.1) is 5.92 Å². The lowest BCUT2D eigenvalue weighted by Crippen LogP contribution is -2.49. The monoisotopic (exact) mass is 430 g/mol. The van der Waals surface area contributed by atoms with Gasteiger partial charge in [-0.25, -0.2) is 28.5 Å². The van der Waals surface area contributed by atoms with Gasteiger partial charge in [-0.15, -0.1) is 0 Å². The third-order valence-electron chi connectivity index (χ3n) is 5.93. The minimum atomic E-state index is -3.04. The third-order valence-corrected chi connectivity index (χ3v) is 5.93. The predicted molar refractivity (Wildman–Crippen MR) is 110 cm³/mol. The Morgan fingerprint density at radius 2 is 2.06 bits per heavy atom. The van der Waals surface area contributed by atoms with Crippen LogP contribution in [0.3, 0.4) is 0 Å². The molecule has 2 aromatic rings. The summed E-state index contributed by atoms with van der Waals surface area (Å²) in [6.45, 7) is 5.00. The van der Waals surface area contributed by atoms with Crippen molar-refractivity contribution in [3.63, 3.8) is 0 Å². The molecule has 2 fully saturated rings. The van der Waals surface area contributed by atoms with Crippen LogP contribution in [0.5, 0.6) is 0 Å². The average molecular weight is 430 g/mol. The fourth-order valence-corrected chi connectivity index (χ4v) is 4.19. The SMILES string of the molecule is C[C@H]1CN(c2cc(C(C)(F)F)cc(-c3ncnc4c3[C@H](C3CC3)OC(=O)N4)n2)CCN1. The molecule has 1 saturated heterocycles. The zero-order valence-electron chi connectivity index (χ0n) is 17.4.